The standard InChI is InChI=1S/C22H29N3O4/c1-14(2)11-24(12-15(3)4)19(26)13-25-20(27)22(5,23-21(25)28)18-10-16-8-6-7-9-17(16)29-18/h6-10,14-15H,11-13H2,1-5H3,(H,23,28). The second-order valence-electron chi connectivity index (χ2n) is 8.68. The third kappa shape index (κ3) is 4.13. The fourth-order valence-electron chi connectivity index (χ4n) is 3.63. The van der Waals surface area contributed by atoms with E-state index in [0.29, 0.717) is 36.3 Å². The second-order valence-corrected chi connectivity index (χ2v) is 8.68. The van der Waals surface area contributed by atoms with Crippen molar-refractivity contribution in [3.8, 4) is 0 Å². The van der Waals surface area contributed by atoms with Crippen molar-refractivity contribution in [2.45, 2.75) is 40.2 Å². The summed E-state index contributed by atoms with van der Waals surface area (Å²) in [6, 6.07) is 8.57. The van der Waals surface area contributed by atoms with E-state index in [0.717, 1.165) is 10.3 Å². The largest absolute Gasteiger partial charge is 0.458 e. The summed E-state index contributed by atoms with van der Waals surface area (Å²) in [6.45, 7) is 10.6. The number of furan rings is 1. The lowest BCUT2D eigenvalue weighted by atomic mass is 9.99. The molecule has 7 heteroatoms. The first kappa shape index (κ1) is 20.9. The first-order valence-corrected chi connectivity index (χ1v) is 10.0. The van der Waals surface area contributed by atoms with Gasteiger partial charge in [0.1, 0.15) is 17.9 Å². The summed E-state index contributed by atoms with van der Waals surface area (Å²) in [5.74, 6) is 0.227. The Morgan fingerprint density at radius 1 is 1.14 bits per heavy atom. The summed E-state index contributed by atoms with van der Waals surface area (Å²) >= 11 is 0. The van der Waals surface area contributed by atoms with Gasteiger partial charge in [-0.25, -0.2) is 4.79 Å². The Kier molecular flexibility index (Phi) is 5.68. The number of imide groups is 1. The topological polar surface area (TPSA) is 82.9 Å². The fourth-order valence-corrected chi connectivity index (χ4v) is 3.63. The van der Waals surface area contributed by atoms with E-state index in [1.807, 2.05) is 45.9 Å². The molecule has 1 fully saturated rings. The third-order valence-corrected chi connectivity index (χ3v) is 5.01. The van der Waals surface area contributed by atoms with Crippen LogP contribution in [-0.4, -0.2) is 47.3 Å². The maximum atomic E-state index is 13.1. The number of urea groups is 1. The predicted molar refractivity (Wildman–Crippen MR) is 110 cm³/mol. The number of carbonyl (C=O) groups is 3. The number of nitrogens with zero attached hydrogens (tertiary/aromatic N) is 2. The van der Waals surface area contributed by atoms with Gasteiger partial charge < -0.3 is 14.6 Å². The van der Waals surface area contributed by atoms with Gasteiger partial charge in [0.2, 0.25) is 5.91 Å². The highest BCUT2D eigenvalue weighted by molar-refractivity contribution is 6.09. The van der Waals surface area contributed by atoms with Gasteiger partial charge in [-0.2, -0.15) is 0 Å². The molecule has 1 aromatic carbocycles. The van der Waals surface area contributed by atoms with Crippen LogP contribution in [-0.2, 0) is 15.1 Å². The van der Waals surface area contributed by atoms with Crippen molar-refractivity contribution in [2.75, 3.05) is 19.6 Å². The number of benzene rings is 1. The number of hydrogen-bond donors (Lipinski definition) is 1. The molecule has 1 saturated heterocycles. The molecule has 0 spiro atoms. The van der Waals surface area contributed by atoms with Crippen LogP contribution >= 0.6 is 0 Å². The Bertz CT molecular complexity index is 890. The maximum Gasteiger partial charge on any atom is 0.325 e. The molecule has 3 rings (SSSR count). The van der Waals surface area contributed by atoms with Crippen LogP contribution < -0.4 is 5.32 Å². The van der Waals surface area contributed by atoms with Crippen LogP contribution in [0.5, 0.6) is 0 Å². The van der Waals surface area contributed by atoms with E-state index in [2.05, 4.69) is 5.32 Å². The van der Waals surface area contributed by atoms with Crippen LogP contribution in [0.3, 0.4) is 0 Å². The van der Waals surface area contributed by atoms with Gasteiger partial charge in [-0.1, -0.05) is 45.9 Å². The van der Waals surface area contributed by atoms with E-state index in [1.54, 1.807) is 24.0 Å². The molecule has 1 aliphatic rings. The monoisotopic (exact) mass is 399 g/mol. The van der Waals surface area contributed by atoms with Crippen molar-refractivity contribution in [1.29, 1.82) is 0 Å². The Morgan fingerprint density at radius 2 is 1.76 bits per heavy atom. The van der Waals surface area contributed by atoms with Gasteiger partial charge in [0.25, 0.3) is 5.91 Å². The molecule has 1 aliphatic heterocycles. The zero-order valence-corrected chi connectivity index (χ0v) is 17.7. The third-order valence-electron chi connectivity index (χ3n) is 5.01. The Hall–Kier alpha value is -2.83. The average Bonchev–Trinajstić information content (AvgIpc) is 3.16. The molecule has 4 amide bonds. The minimum absolute atomic E-state index is 0.232. The molecule has 0 bridgehead atoms. The van der Waals surface area contributed by atoms with Gasteiger partial charge in [0.15, 0.2) is 5.54 Å². The number of nitrogens with one attached hydrogen (secondary N) is 1. The SMILES string of the molecule is CC(C)CN(CC(C)C)C(=O)CN1C(=O)NC(C)(c2cc3ccccc3o2)C1=O. The molecule has 0 aliphatic carbocycles. The van der Waals surface area contributed by atoms with Gasteiger partial charge in [0.05, 0.1) is 0 Å². The van der Waals surface area contributed by atoms with Gasteiger partial charge in [-0.05, 0) is 30.9 Å². The molecule has 1 atom stereocenters. The smallest absolute Gasteiger partial charge is 0.325 e. The number of rotatable bonds is 7. The lowest BCUT2D eigenvalue weighted by Crippen LogP contribution is -2.46. The molecule has 7 nitrogen and oxygen atoms in total. The Morgan fingerprint density at radius 3 is 2.34 bits per heavy atom. The van der Waals surface area contributed by atoms with E-state index in [9.17, 15) is 14.4 Å². The van der Waals surface area contributed by atoms with Crippen molar-refractivity contribution < 1.29 is 18.8 Å². The fraction of sp³-hybridized carbons (Fsp3) is 0.500. The number of amides is 4. The highest BCUT2D eigenvalue weighted by atomic mass is 16.3. The van der Waals surface area contributed by atoms with E-state index in [-0.39, 0.29) is 12.5 Å². The van der Waals surface area contributed by atoms with Gasteiger partial charge in [0, 0.05) is 18.5 Å². The molecule has 0 saturated carbocycles. The van der Waals surface area contributed by atoms with E-state index < -0.39 is 17.5 Å². The lowest BCUT2D eigenvalue weighted by Gasteiger charge is -2.28. The van der Waals surface area contributed by atoms with E-state index in [4.69, 9.17) is 4.42 Å². The minimum Gasteiger partial charge on any atom is -0.458 e. The van der Waals surface area contributed by atoms with Crippen LogP contribution in [0.15, 0.2) is 34.7 Å². The van der Waals surface area contributed by atoms with Crippen LogP contribution in [0.1, 0.15) is 40.4 Å². The maximum absolute atomic E-state index is 13.1. The van der Waals surface area contributed by atoms with Crippen LogP contribution in [0.4, 0.5) is 4.79 Å². The number of para-hydroxylation sites is 1. The molecule has 0 radical (unpaired) electrons. The first-order chi connectivity index (χ1) is 13.6. The van der Waals surface area contributed by atoms with Crippen LogP contribution in [0.2, 0.25) is 0 Å². The molecular formula is C22H29N3O4. The minimum atomic E-state index is -1.34. The highest BCUT2D eigenvalue weighted by Gasteiger charge is 2.52. The Balaban J connectivity index is 1.81. The van der Waals surface area contributed by atoms with Gasteiger partial charge in [-0.15, -0.1) is 0 Å². The summed E-state index contributed by atoms with van der Waals surface area (Å²) in [4.78, 5) is 41.3. The number of fused-ring (bicyclic) bond motifs is 1. The summed E-state index contributed by atoms with van der Waals surface area (Å²) < 4.78 is 5.82. The lowest BCUT2D eigenvalue weighted by molar-refractivity contribution is -0.139. The summed E-state index contributed by atoms with van der Waals surface area (Å²) in [5.41, 5.74) is -0.697. The van der Waals surface area contributed by atoms with Crippen LogP contribution in [0, 0.1) is 11.8 Å². The molecule has 2 aromatic rings. The predicted octanol–water partition coefficient (Wildman–Crippen LogP) is 3.34. The molecule has 156 valence electrons. The molecule has 1 aromatic heterocycles. The number of hydrogen-bond acceptors (Lipinski definition) is 4. The quantitative estimate of drug-likeness (QED) is 0.724. The average molecular weight is 399 g/mol. The molecule has 1 N–H and O–H groups in total. The summed E-state index contributed by atoms with van der Waals surface area (Å²) in [5, 5.41) is 3.55. The normalized spacial score (nSPS) is 19.5. The zero-order valence-electron chi connectivity index (χ0n) is 17.7. The second kappa shape index (κ2) is 7.89. The van der Waals surface area contributed by atoms with Crippen molar-refractivity contribution >= 4 is 28.8 Å². The zero-order chi connectivity index (χ0) is 21.3. The summed E-state index contributed by atoms with van der Waals surface area (Å²) in [7, 11) is 0. The Labute approximate surface area is 171 Å². The first-order valence-electron chi connectivity index (χ1n) is 10.0. The van der Waals surface area contributed by atoms with Crippen molar-refractivity contribution in [3.05, 3.63) is 36.1 Å². The highest BCUT2D eigenvalue weighted by Crippen LogP contribution is 2.33. The van der Waals surface area contributed by atoms with Crippen molar-refractivity contribution in [2.24, 2.45) is 11.8 Å². The van der Waals surface area contributed by atoms with Crippen molar-refractivity contribution in [1.82, 2.24) is 15.1 Å². The van der Waals surface area contributed by atoms with E-state index >= 15 is 0 Å². The molecule has 1 unspecified atom stereocenters. The van der Waals surface area contributed by atoms with E-state index in [1.165, 1.54) is 0 Å². The number of carbonyl (C=O) groups excluding carboxylic acids is 3. The summed E-state index contributed by atoms with van der Waals surface area (Å²) in [6.07, 6.45) is 0. The molecule has 2 heterocycles. The van der Waals surface area contributed by atoms with Gasteiger partial charge in [-0.3, -0.25) is 14.5 Å². The van der Waals surface area contributed by atoms with Crippen molar-refractivity contribution in [3.63, 3.8) is 0 Å². The molecular weight excluding hydrogens is 370 g/mol. The van der Waals surface area contributed by atoms with Gasteiger partial charge >= 0.3 is 6.03 Å². The molecule has 29 heavy (non-hydrogen) atoms. The van der Waals surface area contributed by atoms with Crippen LogP contribution in [0.25, 0.3) is 11.0 Å².